The molecule has 0 fully saturated rings. The van der Waals surface area contributed by atoms with E-state index in [1.54, 1.807) is 36.4 Å². The maximum atomic E-state index is 12.8. The molecule has 31 heavy (non-hydrogen) atoms. The van der Waals surface area contributed by atoms with Crippen molar-refractivity contribution in [2.45, 2.75) is 40.8 Å². The van der Waals surface area contributed by atoms with Gasteiger partial charge in [0.05, 0.1) is 5.39 Å². The lowest BCUT2D eigenvalue weighted by atomic mass is 10.1. The monoisotopic (exact) mass is 421 g/mol. The molecular formula is C24H27N3O4. The van der Waals surface area contributed by atoms with Crippen molar-refractivity contribution in [2.24, 2.45) is 5.92 Å². The molecule has 7 nitrogen and oxygen atoms in total. The number of hydrogen-bond donors (Lipinski definition) is 0. The molecule has 2 aromatic heterocycles. The van der Waals surface area contributed by atoms with Gasteiger partial charge in [-0.15, -0.1) is 6.58 Å². The largest absolute Gasteiger partial charge is 0.452 e. The van der Waals surface area contributed by atoms with Crippen LogP contribution in [0.4, 0.5) is 0 Å². The number of benzene rings is 1. The zero-order chi connectivity index (χ0) is 22.7. The van der Waals surface area contributed by atoms with Crippen LogP contribution < -0.4 is 5.56 Å². The first-order chi connectivity index (χ1) is 14.7. The van der Waals surface area contributed by atoms with E-state index in [1.807, 2.05) is 32.3 Å². The van der Waals surface area contributed by atoms with Gasteiger partial charge in [0.25, 0.3) is 5.56 Å². The van der Waals surface area contributed by atoms with Crippen molar-refractivity contribution in [1.82, 2.24) is 14.3 Å². The van der Waals surface area contributed by atoms with Gasteiger partial charge in [0.1, 0.15) is 0 Å². The molecule has 2 heterocycles. The van der Waals surface area contributed by atoms with Gasteiger partial charge < -0.3 is 9.30 Å². The van der Waals surface area contributed by atoms with Crippen molar-refractivity contribution >= 4 is 22.5 Å². The maximum Gasteiger partial charge on any atom is 0.359 e. The van der Waals surface area contributed by atoms with Crippen LogP contribution >= 0.6 is 0 Å². The van der Waals surface area contributed by atoms with Gasteiger partial charge in [0, 0.05) is 35.4 Å². The SMILES string of the molecule is C=CCn1c(C)cc(C(=O)COC(=O)c2nn(CC(C)C)c(=O)c3ccccc23)c1C. The number of carbonyl (C=O) groups is 2. The third kappa shape index (κ3) is 4.50. The van der Waals surface area contributed by atoms with Crippen molar-refractivity contribution in [1.29, 1.82) is 0 Å². The molecule has 0 saturated carbocycles. The maximum absolute atomic E-state index is 12.8. The Bertz CT molecular complexity index is 1220. The van der Waals surface area contributed by atoms with Gasteiger partial charge in [0.15, 0.2) is 12.3 Å². The van der Waals surface area contributed by atoms with Crippen LogP contribution in [0, 0.1) is 19.8 Å². The Kier molecular flexibility index (Phi) is 6.53. The van der Waals surface area contributed by atoms with E-state index < -0.39 is 12.6 Å². The molecule has 0 N–H and O–H groups in total. The normalized spacial score (nSPS) is 11.1. The summed E-state index contributed by atoms with van der Waals surface area (Å²) in [6.07, 6.45) is 1.76. The second-order valence-electron chi connectivity index (χ2n) is 7.96. The number of esters is 1. The Morgan fingerprint density at radius 1 is 1.19 bits per heavy atom. The van der Waals surface area contributed by atoms with Crippen molar-refractivity contribution in [3.63, 3.8) is 0 Å². The number of aryl methyl sites for hydroxylation is 1. The predicted octanol–water partition coefficient (Wildman–Crippen LogP) is 3.70. The summed E-state index contributed by atoms with van der Waals surface area (Å²) in [7, 11) is 0. The smallest absolute Gasteiger partial charge is 0.359 e. The second-order valence-corrected chi connectivity index (χ2v) is 7.96. The first-order valence-corrected chi connectivity index (χ1v) is 10.2. The van der Waals surface area contributed by atoms with E-state index in [0.717, 1.165) is 11.4 Å². The second kappa shape index (κ2) is 9.12. The van der Waals surface area contributed by atoms with Gasteiger partial charge in [0.2, 0.25) is 5.78 Å². The molecule has 0 atom stereocenters. The standard InChI is InChI=1S/C24H27N3O4/c1-6-11-26-16(4)12-20(17(26)5)21(28)14-31-24(30)22-18-9-7-8-10-19(18)23(29)27(25-22)13-15(2)3/h6-10,12,15H,1,11,13-14H2,2-5H3. The Hall–Kier alpha value is -3.48. The van der Waals surface area contributed by atoms with Gasteiger partial charge in [-0.2, -0.15) is 5.10 Å². The fourth-order valence-corrected chi connectivity index (χ4v) is 3.63. The summed E-state index contributed by atoms with van der Waals surface area (Å²) in [5.41, 5.74) is 2.01. The molecule has 3 aromatic rings. The Balaban J connectivity index is 1.88. The average molecular weight is 421 g/mol. The van der Waals surface area contributed by atoms with E-state index in [2.05, 4.69) is 11.7 Å². The quantitative estimate of drug-likeness (QED) is 0.315. The number of aromatic nitrogens is 3. The molecule has 3 rings (SSSR count). The third-order valence-corrected chi connectivity index (χ3v) is 5.12. The number of rotatable bonds is 8. The van der Waals surface area contributed by atoms with Gasteiger partial charge in [-0.1, -0.05) is 38.1 Å². The van der Waals surface area contributed by atoms with Crippen molar-refractivity contribution in [2.75, 3.05) is 6.61 Å². The van der Waals surface area contributed by atoms with Gasteiger partial charge in [-0.3, -0.25) is 9.59 Å². The van der Waals surface area contributed by atoms with Crippen molar-refractivity contribution < 1.29 is 14.3 Å². The third-order valence-electron chi connectivity index (χ3n) is 5.12. The minimum absolute atomic E-state index is 0.0285. The van der Waals surface area contributed by atoms with Crippen LogP contribution in [-0.2, 0) is 17.8 Å². The fraction of sp³-hybridized carbons (Fsp3) is 0.333. The number of hydrogen-bond acceptors (Lipinski definition) is 5. The molecular weight excluding hydrogens is 394 g/mol. The molecule has 0 amide bonds. The highest BCUT2D eigenvalue weighted by Gasteiger charge is 2.21. The number of nitrogens with zero attached hydrogens (tertiary/aromatic N) is 3. The first kappa shape index (κ1) is 22.2. The molecule has 7 heteroatoms. The van der Waals surface area contributed by atoms with Gasteiger partial charge in [-0.05, 0) is 31.9 Å². The van der Waals surface area contributed by atoms with Gasteiger partial charge >= 0.3 is 5.97 Å². The van der Waals surface area contributed by atoms with Crippen molar-refractivity contribution in [3.8, 4) is 0 Å². The summed E-state index contributed by atoms with van der Waals surface area (Å²) in [4.78, 5) is 38.2. The van der Waals surface area contributed by atoms with Crippen LogP contribution in [0.25, 0.3) is 10.8 Å². The number of fused-ring (bicyclic) bond motifs is 1. The Morgan fingerprint density at radius 2 is 1.87 bits per heavy atom. The Morgan fingerprint density at radius 3 is 2.52 bits per heavy atom. The molecule has 0 saturated heterocycles. The fourth-order valence-electron chi connectivity index (χ4n) is 3.63. The highest BCUT2D eigenvalue weighted by Crippen LogP contribution is 2.18. The van der Waals surface area contributed by atoms with E-state index in [4.69, 9.17) is 4.74 Å². The summed E-state index contributed by atoms with van der Waals surface area (Å²) in [5, 5.41) is 5.06. The number of allylic oxidation sites excluding steroid dienone is 1. The van der Waals surface area contributed by atoms with E-state index >= 15 is 0 Å². The topological polar surface area (TPSA) is 83.2 Å². The summed E-state index contributed by atoms with van der Waals surface area (Å²) in [5.74, 6) is -0.860. The molecule has 0 unspecified atom stereocenters. The zero-order valence-corrected chi connectivity index (χ0v) is 18.3. The number of carbonyl (C=O) groups excluding carboxylic acids is 2. The molecule has 1 aromatic carbocycles. The van der Waals surface area contributed by atoms with Crippen LogP contribution in [0.5, 0.6) is 0 Å². The number of ketones is 1. The molecule has 0 bridgehead atoms. The van der Waals surface area contributed by atoms with Crippen molar-refractivity contribution in [3.05, 3.63) is 76.0 Å². The van der Waals surface area contributed by atoms with Crippen LogP contribution in [0.1, 0.15) is 46.1 Å². The zero-order valence-electron chi connectivity index (χ0n) is 18.3. The lowest BCUT2D eigenvalue weighted by Gasteiger charge is -2.12. The Labute approximate surface area is 180 Å². The van der Waals surface area contributed by atoms with Gasteiger partial charge in [-0.25, -0.2) is 9.48 Å². The average Bonchev–Trinajstić information content (AvgIpc) is 3.02. The van der Waals surface area contributed by atoms with Crippen LogP contribution in [0.3, 0.4) is 0 Å². The first-order valence-electron chi connectivity index (χ1n) is 10.2. The predicted molar refractivity (Wildman–Crippen MR) is 120 cm³/mol. The molecule has 0 aliphatic rings. The van der Waals surface area contributed by atoms with Crippen LogP contribution in [0.2, 0.25) is 0 Å². The van der Waals surface area contributed by atoms with Crippen LogP contribution in [-0.4, -0.2) is 32.7 Å². The minimum atomic E-state index is -0.734. The summed E-state index contributed by atoms with van der Waals surface area (Å²) in [6.45, 7) is 12.0. The van der Waals surface area contributed by atoms with E-state index in [9.17, 15) is 14.4 Å². The lowest BCUT2D eigenvalue weighted by Crippen LogP contribution is -2.28. The molecule has 162 valence electrons. The van der Waals surface area contributed by atoms with E-state index in [0.29, 0.717) is 29.4 Å². The van der Waals surface area contributed by atoms with E-state index in [1.165, 1.54) is 4.68 Å². The molecule has 0 radical (unpaired) electrons. The molecule has 0 spiro atoms. The molecule has 0 aliphatic carbocycles. The van der Waals surface area contributed by atoms with Crippen LogP contribution in [0.15, 0.2) is 47.8 Å². The highest BCUT2D eigenvalue weighted by molar-refractivity contribution is 6.04. The summed E-state index contributed by atoms with van der Waals surface area (Å²) < 4.78 is 8.58. The minimum Gasteiger partial charge on any atom is -0.452 e. The highest BCUT2D eigenvalue weighted by atomic mass is 16.5. The van der Waals surface area contributed by atoms with E-state index in [-0.39, 0.29) is 23.0 Å². The summed E-state index contributed by atoms with van der Waals surface area (Å²) in [6, 6.07) is 8.57. The summed E-state index contributed by atoms with van der Waals surface area (Å²) >= 11 is 0. The number of Topliss-reactive ketones (excluding diaryl/α,β-unsaturated/α-hetero) is 1. The molecule has 0 aliphatic heterocycles. The lowest BCUT2D eigenvalue weighted by molar-refractivity contribution is 0.0468. The number of ether oxygens (including phenoxy) is 1.